The first kappa shape index (κ1) is 20.3. The van der Waals surface area contributed by atoms with E-state index in [2.05, 4.69) is 20.8 Å². The van der Waals surface area contributed by atoms with Gasteiger partial charge in [0, 0.05) is 30.2 Å². The van der Waals surface area contributed by atoms with Crippen LogP contribution in [0.3, 0.4) is 0 Å². The standard InChI is InChI=1S/C23H22FN5O2/c1-13-4-5-16(20-10-14(2)27-28-20)11-19(13)25-22(30)18-12-29(3)23(31)26-21(18)15-6-8-17(24)9-7-15/h4-12,21H,1-3H3,(H,25,30)(H,26,31)(H,27,28). The molecule has 1 aliphatic heterocycles. The fraction of sp³-hybridized carbons (Fsp3) is 0.174. The van der Waals surface area contributed by atoms with Crippen molar-refractivity contribution in [3.05, 3.63) is 82.9 Å². The van der Waals surface area contributed by atoms with Gasteiger partial charge in [-0.3, -0.25) is 9.89 Å². The molecule has 4 rings (SSSR count). The number of nitrogens with zero attached hydrogens (tertiary/aromatic N) is 2. The van der Waals surface area contributed by atoms with Crippen LogP contribution in [0.1, 0.15) is 22.9 Å². The van der Waals surface area contributed by atoms with Crippen molar-refractivity contribution in [3.63, 3.8) is 0 Å². The molecule has 2 heterocycles. The highest BCUT2D eigenvalue weighted by Crippen LogP contribution is 2.29. The lowest BCUT2D eigenvalue weighted by Gasteiger charge is -2.30. The van der Waals surface area contributed by atoms with Crippen molar-refractivity contribution >= 4 is 17.6 Å². The fourth-order valence-electron chi connectivity index (χ4n) is 3.43. The van der Waals surface area contributed by atoms with E-state index in [4.69, 9.17) is 0 Å². The summed E-state index contributed by atoms with van der Waals surface area (Å²) in [6.45, 7) is 3.82. The molecule has 31 heavy (non-hydrogen) atoms. The number of rotatable bonds is 4. The Labute approximate surface area is 179 Å². The van der Waals surface area contributed by atoms with E-state index < -0.39 is 6.04 Å². The molecule has 3 N–H and O–H groups in total. The van der Waals surface area contributed by atoms with Gasteiger partial charge < -0.3 is 15.5 Å². The van der Waals surface area contributed by atoms with Gasteiger partial charge in [-0.15, -0.1) is 0 Å². The number of carbonyl (C=O) groups excluding carboxylic acids is 2. The smallest absolute Gasteiger partial charge is 0.321 e. The number of carbonyl (C=O) groups is 2. The first-order valence-corrected chi connectivity index (χ1v) is 9.76. The molecule has 0 saturated heterocycles. The largest absolute Gasteiger partial charge is 0.327 e. The summed E-state index contributed by atoms with van der Waals surface area (Å²) in [4.78, 5) is 26.7. The molecule has 0 aliphatic carbocycles. The van der Waals surface area contributed by atoms with E-state index in [1.54, 1.807) is 19.2 Å². The number of aromatic nitrogens is 2. The van der Waals surface area contributed by atoms with Crippen molar-refractivity contribution < 1.29 is 14.0 Å². The number of hydrogen-bond acceptors (Lipinski definition) is 3. The van der Waals surface area contributed by atoms with Crippen molar-refractivity contribution in [2.24, 2.45) is 0 Å². The van der Waals surface area contributed by atoms with Crippen LogP contribution in [0.15, 0.2) is 60.3 Å². The van der Waals surface area contributed by atoms with Crippen LogP contribution < -0.4 is 10.6 Å². The van der Waals surface area contributed by atoms with Gasteiger partial charge >= 0.3 is 6.03 Å². The quantitative estimate of drug-likeness (QED) is 0.596. The Kier molecular flexibility index (Phi) is 5.29. The van der Waals surface area contributed by atoms with E-state index in [0.717, 1.165) is 22.5 Å². The number of hydrogen-bond donors (Lipinski definition) is 3. The van der Waals surface area contributed by atoms with Gasteiger partial charge in [0.2, 0.25) is 0 Å². The highest BCUT2D eigenvalue weighted by molar-refractivity contribution is 6.06. The maximum absolute atomic E-state index is 13.4. The number of benzene rings is 2. The molecule has 0 fully saturated rings. The lowest BCUT2D eigenvalue weighted by atomic mass is 9.97. The lowest BCUT2D eigenvalue weighted by Crippen LogP contribution is -2.44. The highest BCUT2D eigenvalue weighted by Gasteiger charge is 2.30. The Hall–Kier alpha value is -3.94. The number of aromatic amines is 1. The second-order valence-corrected chi connectivity index (χ2v) is 7.55. The Bertz CT molecular complexity index is 1180. The molecule has 3 amide bonds. The van der Waals surface area contributed by atoms with Gasteiger partial charge in [-0.2, -0.15) is 5.10 Å². The minimum atomic E-state index is -0.693. The van der Waals surface area contributed by atoms with Gasteiger partial charge in [0.15, 0.2) is 0 Å². The second kappa shape index (κ2) is 8.06. The van der Waals surface area contributed by atoms with E-state index in [9.17, 15) is 14.0 Å². The molecule has 8 heteroatoms. The number of nitrogens with one attached hydrogen (secondary N) is 3. The lowest BCUT2D eigenvalue weighted by molar-refractivity contribution is -0.113. The summed E-state index contributed by atoms with van der Waals surface area (Å²) in [5.41, 5.74) is 5.06. The Morgan fingerprint density at radius 2 is 1.87 bits per heavy atom. The van der Waals surface area contributed by atoms with E-state index in [0.29, 0.717) is 16.8 Å². The van der Waals surface area contributed by atoms with Crippen LogP contribution >= 0.6 is 0 Å². The number of amides is 3. The molecule has 0 spiro atoms. The van der Waals surface area contributed by atoms with Gasteiger partial charge in [-0.1, -0.05) is 24.3 Å². The third kappa shape index (κ3) is 4.18. The zero-order chi connectivity index (χ0) is 22.1. The van der Waals surface area contributed by atoms with Crippen molar-refractivity contribution in [2.45, 2.75) is 19.9 Å². The summed E-state index contributed by atoms with van der Waals surface area (Å²) < 4.78 is 13.4. The van der Waals surface area contributed by atoms with Gasteiger partial charge in [0.05, 0.1) is 17.3 Å². The Morgan fingerprint density at radius 1 is 1.13 bits per heavy atom. The third-order valence-corrected chi connectivity index (χ3v) is 5.18. The van der Waals surface area contributed by atoms with Gasteiger partial charge in [-0.25, -0.2) is 9.18 Å². The number of aryl methyl sites for hydroxylation is 2. The topological polar surface area (TPSA) is 90.1 Å². The van der Waals surface area contributed by atoms with Gasteiger partial charge in [0.25, 0.3) is 5.91 Å². The average molecular weight is 419 g/mol. The molecular formula is C23H22FN5O2. The summed E-state index contributed by atoms with van der Waals surface area (Å²) >= 11 is 0. The van der Waals surface area contributed by atoms with E-state index >= 15 is 0 Å². The van der Waals surface area contributed by atoms with Gasteiger partial charge in [-0.05, 0) is 49.2 Å². The zero-order valence-corrected chi connectivity index (χ0v) is 17.4. The number of halogens is 1. The summed E-state index contributed by atoms with van der Waals surface area (Å²) in [6.07, 6.45) is 1.50. The predicted octanol–water partition coefficient (Wildman–Crippen LogP) is 4.05. The predicted molar refractivity (Wildman–Crippen MR) is 116 cm³/mol. The van der Waals surface area contributed by atoms with Crippen molar-refractivity contribution in [1.82, 2.24) is 20.4 Å². The summed E-state index contributed by atoms with van der Waals surface area (Å²) in [5.74, 6) is -0.751. The molecular weight excluding hydrogens is 397 g/mol. The van der Waals surface area contributed by atoms with E-state index in [-0.39, 0.29) is 17.8 Å². The number of urea groups is 1. The Balaban J connectivity index is 1.65. The molecule has 1 atom stereocenters. The molecule has 1 aromatic heterocycles. The van der Waals surface area contributed by atoms with Crippen molar-refractivity contribution in [2.75, 3.05) is 12.4 Å². The van der Waals surface area contributed by atoms with Crippen molar-refractivity contribution in [3.8, 4) is 11.3 Å². The summed E-state index contributed by atoms with van der Waals surface area (Å²) in [7, 11) is 1.56. The van der Waals surface area contributed by atoms with Crippen LogP contribution in [0.25, 0.3) is 11.3 Å². The molecule has 0 saturated carbocycles. The molecule has 3 aromatic rings. The van der Waals surface area contributed by atoms with Crippen LogP contribution in [0.4, 0.5) is 14.9 Å². The van der Waals surface area contributed by atoms with Crippen LogP contribution in [0.5, 0.6) is 0 Å². The minimum Gasteiger partial charge on any atom is -0.327 e. The summed E-state index contributed by atoms with van der Waals surface area (Å²) in [6, 6.07) is 12.3. The van der Waals surface area contributed by atoms with E-state index in [1.165, 1.54) is 23.2 Å². The summed E-state index contributed by atoms with van der Waals surface area (Å²) in [5, 5.41) is 12.9. The normalized spacial score (nSPS) is 16.0. The Morgan fingerprint density at radius 3 is 2.55 bits per heavy atom. The van der Waals surface area contributed by atoms with Crippen LogP contribution in [0, 0.1) is 19.7 Å². The number of H-pyrrole nitrogens is 1. The SMILES string of the molecule is Cc1cc(-c2ccc(C)c(NC(=O)C3=CN(C)C(=O)NC3c3ccc(F)cc3)c2)n[nH]1. The molecule has 158 valence electrons. The maximum atomic E-state index is 13.4. The molecule has 2 aromatic carbocycles. The molecule has 7 nitrogen and oxygen atoms in total. The van der Waals surface area contributed by atoms with Crippen LogP contribution in [-0.4, -0.2) is 34.1 Å². The number of anilines is 1. The second-order valence-electron chi connectivity index (χ2n) is 7.55. The van der Waals surface area contributed by atoms with E-state index in [1.807, 2.05) is 38.1 Å². The zero-order valence-electron chi connectivity index (χ0n) is 17.4. The highest BCUT2D eigenvalue weighted by atomic mass is 19.1. The maximum Gasteiger partial charge on any atom is 0.321 e. The van der Waals surface area contributed by atoms with Crippen LogP contribution in [0.2, 0.25) is 0 Å². The molecule has 1 unspecified atom stereocenters. The monoisotopic (exact) mass is 419 g/mol. The fourth-order valence-corrected chi connectivity index (χ4v) is 3.43. The van der Waals surface area contributed by atoms with Crippen molar-refractivity contribution in [1.29, 1.82) is 0 Å². The molecule has 0 radical (unpaired) electrons. The first-order chi connectivity index (χ1) is 14.8. The molecule has 1 aliphatic rings. The first-order valence-electron chi connectivity index (χ1n) is 9.76. The average Bonchev–Trinajstić information content (AvgIpc) is 3.18. The third-order valence-electron chi connectivity index (χ3n) is 5.18. The van der Waals surface area contributed by atoms with Crippen LogP contribution in [-0.2, 0) is 4.79 Å². The van der Waals surface area contributed by atoms with Gasteiger partial charge in [0.1, 0.15) is 5.82 Å². The molecule has 0 bridgehead atoms. The minimum absolute atomic E-state index is 0.342.